The predicted octanol–water partition coefficient (Wildman–Crippen LogP) is 17.1. The monoisotopic (exact) mass is 838 g/mol. The number of hydrogen-bond donors (Lipinski definition) is 0. The Morgan fingerprint density at radius 1 is 0.323 bits per heavy atom. The van der Waals surface area contributed by atoms with E-state index in [1.54, 1.807) is 0 Å². The van der Waals surface area contributed by atoms with Gasteiger partial charge in [-0.15, -0.1) is 0 Å². The van der Waals surface area contributed by atoms with Crippen LogP contribution < -0.4 is 0 Å². The lowest BCUT2D eigenvalue weighted by Crippen LogP contribution is -1.95. The molecule has 0 amide bonds. The summed E-state index contributed by atoms with van der Waals surface area (Å²) in [6, 6.07) is 55.8. The number of aryl methyl sites for hydroxylation is 7. The van der Waals surface area contributed by atoms with Gasteiger partial charge in [0.25, 0.3) is 0 Å². The van der Waals surface area contributed by atoms with Crippen LogP contribution in [0.15, 0.2) is 160 Å². The number of aromatic nitrogens is 2. The molecule has 0 fully saturated rings. The summed E-state index contributed by atoms with van der Waals surface area (Å²) in [6.07, 6.45) is 0. The van der Waals surface area contributed by atoms with Crippen molar-refractivity contribution in [3.8, 4) is 44.5 Å². The van der Waals surface area contributed by atoms with Crippen LogP contribution in [0.2, 0.25) is 0 Å². The van der Waals surface area contributed by atoms with Crippen molar-refractivity contribution >= 4 is 77.0 Å². The van der Waals surface area contributed by atoms with Gasteiger partial charge in [-0.25, -0.2) is 0 Å². The van der Waals surface area contributed by atoms with Crippen LogP contribution in [0.3, 0.4) is 0 Å². The van der Waals surface area contributed by atoms with Crippen LogP contribution >= 0.6 is 0 Å². The molecule has 0 radical (unpaired) electrons. The van der Waals surface area contributed by atoms with Crippen molar-refractivity contribution in [1.29, 1.82) is 0 Å². The Bertz CT molecular complexity index is 4080. The number of rotatable bonds is 4. The number of benzene rings is 9. The van der Waals surface area contributed by atoms with Gasteiger partial charge < -0.3 is 17.6 Å². The highest BCUT2D eigenvalue weighted by atomic mass is 16.3. The number of fused-ring (bicyclic) bond motifs is 12. The van der Waals surface area contributed by atoms with Crippen LogP contribution in [-0.4, -0.2) is 8.80 Å². The second-order valence-electron chi connectivity index (χ2n) is 18.4. The summed E-state index contributed by atoms with van der Waals surface area (Å²) in [4.78, 5) is 0. The van der Waals surface area contributed by atoms with Crippen LogP contribution in [0.1, 0.15) is 38.9 Å². The van der Waals surface area contributed by atoms with Gasteiger partial charge in [0.15, 0.2) is 22.3 Å². The van der Waals surface area contributed by atoms with E-state index >= 15 is 0 Å². The maximum Gasteiger partial charge on any atom is 0.162 e. The zero-order chi connectivity index (χ0) is 44.0. The molecule has 13 aromatic rings. The maximum absolute atomic E-state index is 7.51. The van der Waals surface area contributed by atoms with E-state index in [0.717, 1.165) is 88.1 Å². The van der Waals surface area contributed by atoms with Gasteiger partial charge in [-0.3, -0.25) is 0 Å². The molecule has 4 heteroatoms. The van der Waals surface area contributed by atoms with Crippen molar-refractivity contribution in [2.75, 3.05) is 0 Å². The zero-order valence-electron chi connectivity index (χ0n) is 37.6. The first kappa shape index (κ1) is 37.7. The lowest BCUT2D eigenvalue weighted by molar-refractivity contribution is 0.653. The Morgan fingerprint density at radius 3 is 1.11 bits per heavy atom. The molecule has 0 saturated carbocycles. The molecule has 0 aliphatic carbocycles. The molecule has 312 valence electrons. The Hall–Kier alpha value is -7.82. The van der Waals surface area contributed by atoms with Gasteiger partial charge >= 0.3 is 0 Å². The Labute approximate surface area is 376 Å². The molecule has 0 atom stereocenters. The minimum atomic E-state index is 0.830. The Morgan fingerprint density at radius 2 is 0.677 bits per heavy atom. The fraction of sp³-hybridized carbons (Fsp3) is 0.115. The SMILES string of the molecule is Cc1ccccc1-c1ccc2c(c1)c1c3oc4cc(-c5c(C)cccc5C)ccc4n4c5ccc(-c6c(C)cccc6C)cc5c(c5oc6cc(-c7c(C)cccc7C)ccc6n2c51)c34. The first-order chi connectivity index (χ1) is 31.6. The molecule has 9 aromatic carbocycles. The van der Waals surface area contributed by atoms with Gasteiger partial charge in [-0.2, -0.15) is 0 Å². The van der Waals surface area contributed by atoms with E-state index in [0.29, 0.717) is 0 Å². The van der Waals surface area contributed by atoms with Crippen molar-refractivity contribution in [1.82, 2.24) is 8.80 Å². The molecule has 4 heterocycles. The molecule has 0 bridgehead atoms. The minimum absolute atomic E-state index is 0.830. The zero-order valence-corrected chi connectivity index (χ0v) is 37.6. The fourth-order valence-electron chi connectivity index (χ4n) is 11.5. The molecule has 65 heavy (non-hydrogen) atoms. The van der Waals surface area contributed by atoms with Crippen LogP contribution in [0.4, 0.5) is 0 Å². The van der Waals surface area contributed by atoms with Crippen molar-refractivity contribution in [2.24, 2.45) is 0 Å². The van der Waals surface area contributed by atoms with E-state index in [1.165, 1.54) is 72.3 Å². The van der Waals surface area contributed by atoms with Crippen molar-refractivity contribution in [2.45, 2.75) is 48.5 Å². The minimum Gasteiger partial charge on any atom is -0.452 e. The van der Waals surface area contributed by atoms with Crippen LogP contribution in [-0.2, 0) is 0 Å². The third kappa shape index (κ3) is 5.25. The van der Waals surface area contributed by atoms with Gasteiger partial charge in [0.05, 0.1) is 32.8 Å². The first-order valence-electron chi connectivity index (χ1n) is 22.7. The predicted molar refractivity (Wildman–Crippen MR) is 273 cm³/mol. The van der Waals surface area contributed by atoms with Crippen LogP contribution in [0, 0.1) is 48.5 Å². The smallest absolute Gasteiger partial charge is 0.162 e. The van der Waals surface area contributed by atoms with Crippen molar-refractivity contribution in [3.63, 3.8) is 0 Å². The third-order valence-corrected chi connectivity index (χ3v) is 14.4. The summed E-state index contributed by atoms with van der Waals surface area (Å²) in [7, 11) is 0. The quantitative estimate of drug-likeness (QED) is 0.166. The topological polar surface area (TPSA) is 35.1 Å². The second kappa shape index (κ2) is 13.6. The Kier molecular flexibility index (Phi) is 7.89. The van der Waals surface area contributed by atoms with E-state index in [4.69, 9.17) is 8.83 Å². The van der Waals surface area contributed by atoms with Gasteiger partial charge in [0.2, 0.25) is 0 Å². The first-order valence-corrected chi connectivity index (χ1v) is 22.7. The molecule has 0 aliphatic rings. The van der Waals surface area contributed by atoms with Gasteiger partial charge in [-0.1, -0.05) is 103 Å². The molecule has 0 spiro atoms. The average Bonchev–Trinajstić information content (AvgIpc) is 3.82. The number of hydrogen-bond acceptors (Lipinski definition) is 2. The summed E-state index contributed by atoms with van der Waals surface area (Å²) in [5.74, 6) is 0. The van der Waals surface area contributed by atoms with Gasteiger partial charge in [0.1, 0.15) is 11.0 Å². The van der Waals surface area contributed by atoms with E-state index < -0.39 is 0 Å². The molecule has 13 rings (SSSR count). The molecule has 0 unspecified atom stereocenters. The maximum atomic E-state index is 7.51. The molecular weight excluding hydrogens is 793 g/mol. The highest BCUT2D eigenvalue weighted by Crippen LogP contribution is 2.49. The molecule has 0 aliphatic heterocycles. The summed E-state index contributed by atoms with van der Waals surface area (Å²) < 4.78 is 19.9. The molecule has 4 nitrogen and oxygen atoms in total. The average molecular weight is 839 g/mol. The van der Waals surface area contributed by atoms with Crippen LogP contribution in [0.5, 0.6) is 0 Å². The molecule has 4 aromatic heterocycles. The number of nitrogens with zero attached hydrogens (tertiary/aromatic N) is 2. The molecular formula is C61H46N2O2. The highest BCUT2D eigenvalue weighted by Gasteiger charge is 2.29. The summed E-state index contributed by atoms with van der Waals surface area (Å²) in [5, 5.41) is 4.34. The van der Waals surface area contributed by atoms with E-state index in [-0.39, 0.29) is 0 Å². The van der Waals surface area contributed by atoms with Gasteiger partial charge in [-0.05, 0) is 180 Å². The summed E-state index contributed by atoms with van der Waals surface area (Å²) >= 11 is 0. The largest absolute Gasteiger partial charge is 0.452 e. The van der Waals surface area contributed by atoms with Crippen molar-refractivity contribution in [3.05, 3.63) is 191 Å². The lowest BCUT2D eigenvalue weighted by Gasteiger charge is -2.14. The third-order valence-electron chi connectivity index (χ3n) is 14.4. The standard InChI is InChI=1S/C61H46N2O2/c1-33-13-8-9-20-44(33)40-21-25-47-45(29-40)56-58-61(65-51-31-42(23-27-49(51)62(47)58)54-36(4)16-11-17-37(54)5)57-46-30-41(53-34(2)14-10-15-35(53)3)22-26-48(46)63-50-28-24-43(32-52(50)64-60(56)59(57)63)55-38(6)18-12-19-39(55)7/h8-32H,1-7H3. The fourth-order valence-corrected chi connectivity index (χ4v) is 11.5. The summed E-state index contributed by atoms with van der Waals surface area (Å²) in [6.45, 7) is 15.4. The van der Waals surface area contributed by atoms with E-state index in [2.05, 4.69) is 209 Å². The lowest BCUT2D eigenvalue weighted by atomic mass is 9.94. The summed E-state index contributed by atoms with van der Waals surface area (Å²) in [5.41, 5.74) is 27.9. The normalized spacial score (nSPS) is 12.2. The van der Waals surface area contributed by atoms with Gasteiger partial charge in [0, 0.05) is 10.8 Å². The van der Waals surface area contributed by atoms with E-state index in [1.807, 2.05) is 0 Å². The van der Waals surface area contributed by atoms with Crippen molar-refractivity contribution < 1.29 is 8.83 Å². The van der Waals surface area contributed by atoms with E-state index in [9.17, 15) is 0 Å². The molecule has 0 saturated heterocycles. The Balaban J connectivity index is 1.27. The highest BCUT2D eigenvalue weighted by molar-refractivity contribution is 6.35. The van der Waals surface area contributed by atoms with Crippen LogP contribution in [0.25, 0.3) is 121 Å². The second-order valence-corrected chi connectivity index (χ2v) is 18.4. The molecule has 0 N–H and O–H groups in total.